The molecule has 0 aliphatic carbocycles. The van der Waals surface area contributed by atoms with Crippen molar-refractivity contribution in [2.45, 2.75) is 13.8 Å². The summed E-state index contributed by atoms with van der Waals surface area (Å²) in [6.45, 7) is 2.95. The van der Waals surface area contributed by atoms with Gasteiger partial charge in [0.05, 0.1) is 9.85 Å². The molecule has 0 aliphatic heterocycles. The number of hydrogen-bond donors (Lipinski definition) is 2. The predicted molar refractivity (Wildman–Crippen MR) is 100 cm³/mol. The Kier molecular flexibility index (Phi) is 5.09. The van der Waals surface area contributed by atoms with E-state index in [1.54, 1.807) is 0 Å². The summed E-state index contributed by atoms with van der Waals surface area (Å²) in [6.07, 6.45) is 0. The molecule has 0 saturated carbocycles. The van der Waals surface area contributed by atoms with Crippen molar-refractivity contribution in [2.75, 3.05) is 0 Å². The first-order chi connectivity index (χ1) is 14.0. The topological polar surface area (TPSA) is 193 Å². The van der Waals surface area contributed by atoms with Crippen LogP contribution in [0.1, 0.15) is 11.3 Å². The highest BCUT2D eigenvalue weighted by atomic mass is 35.5. The summed E-state index contributed by atoms with van der Waals surface area (Å²) in [5, 5.41) is 57.5. The van der Waals surface area contributed by atoms with Crippen LogP contribution in [0.5, 0.6) is 11.5 Å². The van der Waals surface area contributed by atoms with E-state index in [1.807, 2.05) is 0 Å². The van der Waals surface area contributed by atoms with E-state index in [2.05, 4.69) is 10.1 Å². The molecule has 3 aromatic rings. The molecule has 15 heteroatoms. The van der Waals surface area contributed by atoms with Crippen LogP contribution in [-0.4, -0.2) is 30.2 Å². The Morgan fingerprint density at radius 2 is 1.77 bits per heavy atom. The molecule has 0 bridgehead atoms. The Bertz CT molecular complexity index is 1210. The lowest BCUT2D eigenvalue weighted by Crippen LogP contribution is -2.33. The van der Waals surface area contributed by atoms with Gasteiger partial charge in [-0.05, 0) is 24.1 Å². The Morgan fingerprint density at radius 3 is 2.33 bits per heavy atom. The second kappa shape index (κ2) is 7.27. The Morgan fingerprint density at radius 1 is 1.13 bits per heavy atom. The van der Waals surface area contributed by atoms with Crippen molar-refractivity contribution in [3.05, 3.63) is 52.9 Å². The number of nitro benzene ring substituents is 2. The summed E-state index contributed by atoms with van der Waals surface area (Å²) in [5.41, 5.74) is -2.37. The van der Waals surface area contributed by atoms with Crippen LogP contribution in [0.3, 0.4) is 0 Å². The molecule has 1 aromatic carbocycles. The number of aromatic nitrogens is 3. The average Bonchev–Trinajstić information content (AvgIpc) is 3.15. The molecule has 2 heterocycles. The van der Waals surface area contributed by atoms with Crippen molar-refractivity contribution in [2.24, 2.45) is 0 Å². The molecule has 0 spiro atoms. The van der Waals surface area contributed by atoms with Crippen LogP contribution in [0.25, 0.3) is 22.8 Å². The molecule has 13 nitrogen and oxygen atoms in total. The van der Waals surface area contributed by atoms with E-state index in [4.69, 9.17) is 27.7 Å². The van der Waals surface area contributed by atoms with Gasteiger partial charge in [0.2, 0.25) is 23.0 Å². The van der Waals surface area contributed by atoms with Gasteiger partial charge in [0.1, 0.15) is 16.1 Å². The second-order valence-electron chi connectivity index (χ2n) is 5.91. The summed E-state index contributed by atoms with van der Waals surface area (Å²) in [5.74, 6) is -3.55. The molecule has 0 aliphatic rings. The molecule has 0 unspecified atom stereocenters. The number of halogens is 2. The van der Waals surface area contributed by atoms with Gasteiger partial charge in [0.25, 0.3) is 11.0 Å². The van der Waals surface area contributed by atoms with Crippen LogP contribution in [0.4, 0.5) is 11.4 Å². The molecular formula is C15H9Cl2N5O8. The van der Waals surface area contributed by atoms with Gasteiger partial charge < -0.3 is 19.9 Å². The third-order valence-corrected chi connectivity index (χ3v) is 5.10. The molecular weight excluding hydrogens is 449 g/mol. The van der Waals surface area contributed by atoms with Crippen molar-refractivity contribution < 1.29 is 29.3 Å². The van der Waals surface area contributed by atoms with Crippen LogP contribution in [0.2, 0.25) is 10.2 Å². The number of phenolic OH excluding ortho intramolecular Hbond substituents is 2. The smallest absolute Gasteiger partial charge is 0.327 e. The van der Waals surface area contributed by atoms with Crippen molar-refractivity contribution in [3.8, 4) is 34.3 Å². The van der Waals surface area contributed by atoms with Crippen LogP contribution in [0.15, 0.2) is 10.6 Å². The Balaban J connectivity index is 2.29. The molecule has 3 rings (SSSR count). The quantitative estimate of drug-likeness (QED) is 0.146. The summed E-state index contributed by atoms with van der Waals surface area (Å²) >= 11 is 12.2. The fourth-order valence-corrected chi connectivity index (χ4v) is 3.21. The van der Waals surface area contributed by atoms with E-state index in [0.29, 0.717) is 16.4 Å². The van der Waals surface area contributed by atoms with E-state index in [-0.39, 0.29) is 27.3 Å². The minimum absolute atomic E-state index is 0.0302. The zero-order valence-electron chi connectivity index (χ0n) is 14.9. The normalized spacial score (nSPS) is 10.9. The first-order valence-electron chi connectivity index (χ1n) is 7.77. The number of phenols is 2. The van der Waals surface area contributed by atoms with Gasteiger partial charge in [-0.3, -0.25) is 20.2 Å². The average molecular weight is 458 g/mol. The summed E-state index contributed by atoms with van der Waals surface area (Å²) in [4.78, 5) is 24.2. The van der Waals surface area contributed by atoms with Gasteiger partial charge in [-0.25, -0.2) is 0 Å². The fourth-order valence-electron chi connectivity index (χ4n) is 2.69. The lowest BCUT2D eigenvalue weighted by Gasteiger charge is -2.10. The lowest BCUT2D eigenvalue weighted by molar-refractivity contribution is -0.609. The van der Waals surface area contributed by atoms with Crippen molar-refractivity contribution in [1.82, 2.24) is 10.1 Å². The van der Waals surface area contributed by atoms with Gasteiger partial charge >= 0.3 is 11.4 Å². The standard InChI is InChI=1S/C15H9Cl2N5O8/c1-4-8(13(17)20(25)5(2)9(4)16)14-18-15(30-19-14)6-3-7(21(26)27)11(23)12(24)10(6)22(28)29/h3,23-24H,1-2H3. The maximum atomic E-state index is 12.1. The van der Waals surface area contributed by atoms with Gasteiger partial charge in [0, 0.05) is 13.0 Å². The third kappa shape index (κ3) is 3.09. The third-order valence-electron chi connectivity index (χ3n) is 4.20. The van der Waals surface area contributed by atoms with Crippen LogP contribution >= 0.6 is 23.2 Å². The second-order valence-corrected chi connectivity index (χ2v) is 6.65. The zero-order chi connectivity index (χ0) is 22.5. The van der Waals surface area contributed by atoms with Gasteiger partial charge in [0.15, 0.2) is 0 Å². The number of nitrogens with zero attached hydrogens (tertiary/aromatic N) is 5. The van der Waals surface area contributed by atoms with Gasteiger partial charge in [-0.2, -0.15) is 9.71 Å². The van der Waals surface area contributed by atoms with Crippen molar-refractivity contribution >= 4 is 34.6 Å². The van der Waals surface area contributed by atoms with Crippen LogP contribution in [0, 0.1) is 39.3 Å². The van der Waals surface area contributed by atoms with E-state index in [0.717, 1.165) is 0 Å². The molecule has 2 N–H and O–H groups in total. The van der Waals surface area contributed by atoms with Gasteiger partial charge in [-0.1, -0.05) is 16.8 Å². The SMILES string of the molecule is Cc1c(Cl)c(C)[n+]([O-])c(Cl)c1-c1noc(-c2cc([N+](=O)[O-])c(O)c(O)c2[N+](=O)[O-])n1. The molecule has 0 atom stereocenters. The van der Waals surface area contributed by atoms with Crippen LogP contribution in [-0.2, 0) is 0 Å². The maximum absolute atomic E-state index is 12.1. The van der Waals surface area contributed by atoms with Crippen molar-refractivity contribution in [3.63, 3.8) is 0 Å². The highest BCUT2D eigenvalue weighted by Crippen LogP contribution is 2.48. The lowest BCUT2D eigenvalue weighted by atomic mass is 10.1. The Hall–Kier alpha value is -3.71. The number of hydrogen-bond acceptors (Lipinski definition) is 10. The number of benzene rings is 1. The Labute approximate surface area is 175 Å². The molecule has 30 heavy (non-hydrogen) atoms. The highest BCUT2D eigenvalue weighted by molar-refractivity contribution is 6.34. The monoisotopic (exact) mass is 457 g/mol. The first-order valence-corrected chi connectivity index (χ1v) is 8.52. The van der Waals surface area contributed by atoms with E-state index in [9.17, 15) is 35.6 Å². The summed E-state index contributed by atoms with van der Waals surface area (Å²) < 4.78 is 5.27. The molecule has 0 amide bonds. The maximum Gasteiger partial charge on any atom is 0.327 e. The number of aromatic hydroxyl groups is 2. The predicted octanol–water partition coefficient (Wildman–Crippen LogP) is 3.19. The molecule has 0 saturated heterocycles. The summed E-state index contributed by atoms with van der Waals surface area (Å²) in [7, 11) is 0. The highest BCUT2D eigenvalue weighted by Gasteiger charge is 2.35. The van der Waals surface area contributed by atoms with E-state index < -0.39 is 44.2 Å². The first kappa shape index (κ1) is 21.0. The van der Waals surface area contributed by atoms with E-state index in [1.165, 1.54) is 13.8 Å². The van der Waals surface area contributed by atoms with Gasteiger partial charge in [-0.15, -0.1) is 0 Å². The number of rotatable bonds is 4. The molecule has 156 valence electrons. The molecule has 0 radical (unpaired) electrons. The fraction of sp³-hybridized carbons (Fsp3) is 0.133. The minimum atomic E-state index is -1.35. The molecule has 2 aromatic heterocycles. The van der Waals surface area contributed by atoms with E-state index >= 15 is 0 Å². The zero-order valence-corrected chi connectivity index (χ0v) is 16.4. The largest absolute Gasteiger partial charge is 0.617 e. The van der Waals surface area contributed by atoms with Crippen LogP contribution < -0.4 is 4.73 Å². The summed E-state index contributed by atoms with van der Waals surface area (Å²) in [6, 6.07) is 0.592. The molecule has 0 fully saturated rings. The minimum Gasteiger partial charge on any atom is -0.617 e. The number of pyridine rings is 1. The number of nitro groups is 2. The van der Waals surface area contributed by atoms with Crippen molar-refractivity contribution in [1.29, 1.82) is 0 Å².